The van der Waals surface area contributed by atoms with Crippen molar-refractivity contribution in [3.05, 3.63) is 12.1 Å². The summed E-state index contributed by atoms with van der Waals surface area (Å²) in [5.74, 6) is 1.12. The van der Waals surface area contributed by atoms with Gasteiger partial charge in [-0.25, -0.2) is 4.79 Å². The SMILES string of the molecule is CC(C)NC(=O)Nc1ccc(NCCN2CCOCC2)nn1. The molecule has 2 rings (SSSR count). The third-order valence-electron chi connectivity index (χ3n) is 3.16. The molecule has 0 unspecified atom stereocenters. The zero-order chi connectivity index (χ0) is 15.8. The van der Waals surface area contributed by atoms with E-state index in [1.165, 1.54) is 0 Å². The molecule has 22 heavy (non-hydrogen) atoms. The molecule has 2 heterocycles. The average Bonchev–Trinajstić information content (AvgIpc) is 2.49. The van der Waals surface area contributed by atoms with Crippen LogP contribution in [-0.2, 0) is 4.74 Å². The van der Waals surface area contributed by atoms with E-state index in [0.29, 0.717) is 11.6 Å². The van der Waals surface area contributed by atoms with Crippen molar-refractivity contribution in [1.82, 2.24) is 20.4 Å². The molecule has 1 aliphatic rings. The van der Waals surface area contributed by atoms with Gasteiger partial charge in [-0.15, -0.1) is 10.2 Å². The molecule has 0 saturated carbocycles. The first-order valence-corrected chi connectivity index (χ1v) is 7.58. The molecule has 3 N–H and O–H groups in total. The molecule has 0 aromatic carbocycles. The second kappa shape index (κ2) is 8.50. The number of amides is 2. The Hall–Kier alpha value is -1.93. The Morgan fingerprint density at radius 1 is 1.27 bits per heavy atom. The van der Waals surface area contributed by atoms with Crippen molar-refractivity contribution in [2.24, 2.45) is 0 Å². The maximum atomic E-state index is 11.5. The summed E-state index contributed by atoms with van der Waals surface area (Å²) in [6.07, 6.45) is 0. The molecule has 0 aliphatic carbocycles. The predicted molar refractivity (Wildman–Crippen MR) is 85.1 cm³/mol. The molecule has 1 aliphatic heterocycles. The van der Waals surface area contributed by atoms with E-state index in [-0.39, 0.29) is 12.1 Å². The quantitative estimate of drug-likeness (QED) is 0.718. The van der Waals surface area contributed by atoms with Crippen molar-refractivity contribution in [2.75, 3.05) is 50.0 Å². The van der Waals surface area contributed by atoms with Crippen LogP contribution in [0.25, 0.3) is 0 Å². The predicted octanol–water partition coefficient (Wildman–Crippen LogP) is 0.751. The minimum Gasteiger partial charge on any atom is -0.379 e. The maximum absolute atomic E-state index is 11.5. The molecule has 0 bridgehead atoms. The number of carbonyl (C=O) groups is 1. The number of nitrogens with one attached hydrogen (secondary N) is 3. The topological polar surface area (TPSA) is 91.4 Å². The smallest absolute Gasteiger partial charge is 0.320 e. The largest absolute Gasteiger partial charge is 0.379 e. The fraction of sp³-hybridized carbons (Fsp3) is 0.643. The van der Waals surface area contributed by atoms with E-state index in [1.807, 2.05) is 13.8 Å². The number of rotatable bonds is 6. The van der Waals surface area contributed by atoms with Gasteiger partial charge in [-0.2, -0.15) is 0 Å². The Bertz CT molecular complexity index is 459. The zero-order valence-electron chi connectivity index (χ0n) is 13.1. The van der Waals surface area contributed by atoms with Crippen LogP contribution in [0.5, 0.6) is 0 Å². The van der Waals surface area contributed by atoms with Crippen molar-refractivity contribution >= 4 is 17.7 Å². The molecule has 1 aromatic heterocycles. The van der Waals surface area contributed by atoms with Gasteiger partial charge in [-0.3, -0.25) is 10.2 Å². The summed E-state index contributed by atoms with van der Waals surface area (Å²) >= 11 is 0. The Labute approximate surface area is 130 Å². The normalized spacial score (nSPS) is 15.6. The minimum atomic E-state index is -0.280. The highest BCUT2D eigenvalue weighted by molar-refractivity contribution is 5.88. The molecule has 122 valence electrons. The van der Waals surface area contributed by atoms with Crippen LogP contribution in [0.2, 0.25) is 0 Å². The van der Waals surface area contributed by atoms with Gasteiger partial charge in [0.25, 0.3) is 0 Å². The number of urea groups is 1. The maximum Gasteiger partial charge on any atom is 0.320 e. The number of aromatic nitrogens is 2. The third kappa shape index (κ3) is 5.82. The molecule has 8 heteroatoms. The molecule has 0 spiro atoms. The van der Waals surface area contributed by atoms with Crippen molar-refractivity contribution in [2.45, 2.75) is 19.9 Å². The summed E-state index contributed by atoms with van der Waals surface area (Å²) in [5, 5.41) is 16.6. The first-order valence-electron chi connectivity index (χ1n) is 7.58. The van der Waals surface area contributed by atoms with Crippen LogP contribution >= 0.6 is 0 Å². The molecule has 0 atom stereocenters. The lowest BCUT2D eigenvalue weighted by Gasteiger charge is -2.26. The molecule has 1 saturated heterocycles. The van der Waals surface area contributed by atoms with Gasteiger partial charge >= 0.3 is 6.03 Å². The monoisotopic (exact) mass is 308 g/mol. The van der Waals surface area contributed by atoms with Crippen LogP contribution in [0.3, 0.4) is 0 Å². The van der Waals surface area contributed by atoms with Gasteiger partial charge in [0.2, 0.25) is 0 Å². The Morgan fingerprint density at radius 2 is 1.95 bits per heavy atom. The van der Waals surface area contributed by atoms with E-state index < -0.39 is 0 Å². The lowest BCUT2D eigenvalue weighted by molar-refractivity contribution is 0.0398. The number of hydrogen-bond donors (Lipinski definition) is 3. The van der Waals surface area contributed by atoms with Gasteiger partial charge in [0, 0.05) is 32.2 Å². The van der Waals surface area contributed by atoms with Gasteiger partial charge in [0.05, 0.1) is 13.2 Å². The van der Waals surface area contributed by atoms with Crippen molar-refractivity contribution in [3.63, 3.8) is 0 Å². The molecular formula is C14H24N6O2. The second-order valence-electron chi connectivity index (χ2n) is 5.44. The van der Waals surface area contributed by atoms with E-state index in [0.717, 1.165) is 39.4 Å². The molecule has 1 aromatic rings. The fourth-order valence-corrected chi connectivity index (χ4v) is 2.07. The van der Waals surface area contributed by atoms with E-state index in [9.17, 15) is 4.79 Å². The highest BCUT2D eigenvalue weighted by Gasteiger charge is 2.09. The Morgan fingerprint density at radius 3 is 2.59 bits per heavy atom. The second-order valence-corrected chi connectivity index (χ2v) is 5.44. The van der Waals surface area contributed by atoms with Crippen LogP contribution in [0.4, 0.5) is 16.4 Å². The van der Waals surface area contributed by atoms with Gasteiger partial charge in [0.1, 0.15) is 5.82 Å². The number of hydrogen-bond acceptors (Lipinski definition) is 6. The fourth-order valence-electron chi connectivity index (χ4n) is 2.07. The molecule has 8 nitrogen and oxygen atoms in total. The first kappa shape index (κ1) is 16.4. The van der Waals surface area contributed by atoms with E-state index in [2.05, 4.69) is 31.0 Å². The summed E-state index contributed by atoms with van der Waals surface area (Å²) in [6.45, 7) is 9.09. The summed E-state index contributed by atoms with van der Waals surface area (Å²) in [4.78, 5) is 13.9. The van der Waals surface area contributed by atoms with Gasteiger partial charge in [-0.1, -0.05) is 0 Å². The average molecular weight is 308 g/mol. The van der Waals surface area contributed by atoms with E-state index in [4.69, 9.17) is 4.74 Å². The number of anilines is 2. The van der Waals surface area contributed by atoms with Crippen molar-refractivity contribution < 1.29 is 9.53 Å². The first-order chi connectivity index (χ1) is 10.6. The number of morpholine rings is 1. The van der Waals surface area contributed by atoms with Crippen LogP contribution in [-0.4, -0.2) is 66.6 Å². The summed E-state index contributed by atoms with van der Waals surface area (Å²) in [7, 11) is 0. The van der Waals surface area contributed by atoms with Gasteiger partial charge < -0.3 is 15.4 Å². The van der Waals surface area contributed by atoms with Gasteiger partial charge in [-0.05, 0) is 26.0 Å². The summed E-state index contributed by atoms with van der Waals surface area (Å²) in [5.41, 5.74) is 0. The van der Waals surface area contributed by atoms with Crippen LogP contribution < -0.4 is 16.0 Å². The number of carbonyl (C=O) groups excluding carboxylic acids is 1. The van der Waals surface area contributed by atoms with E-state index >= 15 is 0 Å². The highest BCUT2D eigenvalue weighted by Crippen LogP contribution is 2.06. The molecular weight excluding hydrogens is 284 g/mol. The minimum absolute atomic E-state index is 0.0779. The third-order valence-corrected chi connectivity index (χ3v) is 3.16. The Kier molecular flexibility index (Phi) is 6.35. The number of ether oxygens (including phenoxy) is 1. The van der Waals surface area contributed by atoms with Gasteiger partial charge in [0.15, 0.2) is 5.82 Å². The lowest BCUT2D eigenvalue weighted by atomic mass is 10.4. The van der Waals surface area contributed by atoms with Crippen LogP contribution in [0, 0.1) is 0 Å². The van der Waals surface area contributed by atoms with E-state index in [1.54, 1.807) is 12.1 Å². The standard InChI is InChI=1S/C14H24N6O2/c1-11(2)16-14(21)17-13-4-3-12(18-19-13)15-5-6-20-7-9-22-10-8-20/h3-4,11H,5-10H2,1-2H3,(H,15,18)(H2,16,17,19,21). The van der Waals surface area contributed by atoms with Crippen LogP contribution in [0.1, 0.15) is 13.8 Å². The summed E-state index contributed by atoms with van der Waals surface area (Å²) in [6, 6.07) is 3.33. The number of nitrogens with zero attached hydrogens (tertiary/aromatic N) is 3. The lowest BCUT2D eigenvalue weighted by Crippen LogP contribution is -2.39. The Balaban J connectivity index is 1.70. The van der Waals surface area contributed by atoms with Crippen molar-refractivity contribution in [3.8, 4) is 0 Å². The highest BCUT2D eigenvalue weighted by atomic mass is 16.5. The van der Waals surface area contributed by atoms with Crippen molar-refractivity contribution in [1.29, 1.82) is 0 Å². The zero-order valence-corrected chi connectivity index (χ0v) is 13.1. The molecule has 2 amide bonds. The molecule has 1 fully saturated rings. The molecule has 0 radical (unpaired) electrons. The van der Waals surface area contributed by atoms with Crippen LogP contribution in [0.15, 0.2) is 12.1 Å². The summed E-state index contributed by atoms with van der Waals surface area (Å²) < 4.78 is 5.31.